The first-order valence-electron chi connectivity index (χ1n) is 7.16. The first-order valence-corrected chi connectivity index (χ1v) is 7.16. The summed E-state index contributed by atoms with van der Waals surface area (Å²) in [5, 5.41) is 20.6. The maximum Gasteiger partial charge on any atom is 0.241 e. The van der Waals surface area contributed by atoms with Gasteiger partial charge in [0.15, 0.2) is 0 Å². The molecule has 0 radical (unpaired) electrons. The number of anilines is 1. The molecule has 0 saturated carbocycles. The Morgan fingerprint density at radius 3 is 2.83 bits per heavy atom. The van der Waals surface area contributed by atoms with Gasteiger partial charge in [-0.1, -0.05) is 24.3 Å². The Bertz CT molecular complexity index is 772. The number of aliphatic hydroxyl groups excluding tert-OH is 1. The highest BCUT2D eigenvalue weighted by Crippen LogP contribution is 2.52. The molecule has 2 saturated heterocycles. The number of hydrogen-bond donors (Lipinski definition) is 1. The summed E-state index contributed by atoms with van der Waals surface area (Å²) in [5.74, 6) is -3.80. The number of nitrogens with zero attached hydrogens (tertiary/aromatic N) is 1. The SMILES string of the molecule is O=C([O-])c1cccc(N2C(=O)C3C4C=CC(CO)(O4)C3C2=O)c1. The van der Waals surface area contributed by atoms with Crippen LogP contribution in [-0.2, 0) is 14.3 Å². The Hall–Kier alpha value is -2.51. The lowest BCUT2D eigenvalue weighted by atomic mass is 9.77. The number of carbonyl (C=O) groups excluding carboxylic acids is 3. The minimum Gasteiger partial charge on any atom is -0.545 e. The van der Waals surface area contributed by atoms with E-state index >= 15 is 0 Å². The molecule has 7 heteroatoms. The van der Waals surface area contributed by atoms with Gasteiger partial charge in [0.2, 0.25) is 11.8 Å². The van der Waals surface area contributed by atoms with Gasteiger partial charge in [0.05, 0.1) is 36.2 Å². The van der Waals surface area contributed by atoms with Gasteiger partial charge >= 0.3 is 0 Å². The summed E-state index contributed by atoms with van der Waals surface area (Å²) < 4.78 is 5.63. The van der Waals surface area contributed by atoms with Gasteiger partial charge in [-0.15, -0.1) is 0 Å². The van der Waals surface area contributed by atoms with Crippen molar-refractivity contribution in [3.63, 3.8) is 0 Å². The second-order valence-corrected chi connectivity index (χ2v) is 5.91. The van der Waals surface area contributed by atoms with Crippen molar-refractivity contribution in [2.45, 2.75) is 11.7 Å². The summed E-state index contributed by atoms with van der Waals surface area (Å²) in [4.78, 5) is 37.4. The minimum atomic E-state index is -1.39. The molecule has 3 aliphatic heterocycles. The van der Waals surface area contributed by atoms with Crippen molar-refractivity contribution >= 4 is 23.5 Å². The fraction of sp³-hybridized carbons (Fsp3) is 0.312. The third-order valence-corrected chi connectivity index (χ3v) is 4.74. The van der Waals surface area contributed by atoms with Crippen molar-refractivity contribution in [1.29, 1.82) is 0 Å². The maximum atomic E-state index is 12.7. The summed E-state index contributed by atoms with van der Waals surface area (Å²) in [7, 11) is 0. The van der Waals surface area contributed by atoms with Crippen LogP contribution in [0.5, 0.6) is 0 Å². The zero-order valence-corrected chi connectivity index (χ0v) is 11.8. The van der Waals surface area contributed by atoms with Crippen molar-refractivity contribution in [2.24, 2.45) is 11.8 Å². The van der Waals surface area contributed by atoms with Gasteiger partial charge in [-0.05, 0) is 17.7 Å². The van der Waals surface area contributed by atoms with Crippen LogP contribution >= 0.6 is 0 Å². The molecule has 0 aromatic heterocycles. The lowest BCUT2D eigenvalue weighted by Crippen LogP contribution is -2.43. The van der Waals surface area contributed by atoms with E-state index < -0.39 is 47.9 Å². The maximum absolute atomic E-state index is 12.7. The van der Waals surface area contributed by atoms with Crippen molar-refractivity contribution < 1.29 is 29.3 Å². The first kappa shape index (κ1) is 14.1. The molecule has 118 valence electrons. The highest BCUT2D eigenvalue weighted by molar-refractivity contribution is 6.23. The number of carbonyl (C=O) groups is 3. The predicted molar refractivity (Wildman–Crippen MR) is 74.1 cm³/mol. The van der Waals surface area contributed by atoms with E-state index in [1.165, 1.54) is 24.3 Å². The van der Waals surface area contributed by atoms with E-state index in [1.807, 2.05) is 0 Å². The zero-order valence-electron chi connectivity index (χ0n) is 11.8. The van der Waals surface area contributed by atoms with E-state index in [-0.39, 0.29) is 11.3 Å². The van der Waals surface area contributed by atoms with Gasteiger partial charge in [-0.25, -0.2) is 4.90 Å². The summed E-state index contributed by atoms with van der Waals surface area (Å²) in [6, 6.07) is 5.49. The molecule has 23 heavy (non-hydrogen) atoms. The largest absolute Gasteiger partial charge is 0.545 e. The van der Waals surface area contributed by atoms with Gasteiger partial charge in [0, 0.05) is 0 Å². The topological polar surface area (TPSA) is 107 Å². The molecule has 4 unspecified atom stereocenters. The number of fused-ring (bicyclic) bond motifs is 5. The molecular formula is C16H12NO6-. The molecular weight excluding hydrogens is 302 g/mol. The lowest BCUT2D eigenvalue weighted by molar-refractivity contribution is -0.255. The molecule has 2 amide bonds. The van der Waals surface area contributed by atoms with E-state index in [9.17, 15) is 24.6 Å². The Morgan fingerprint density at radius 1 is 1.35 bits per heavy atom. The number of aliphatic hydroxyl groups is 1. The summed E-state index contributed by atoms with van der Waals surface area (Å²) in [6.45, 7) is -0.396. The third-order valence-electron chi connectivity index (χ3n) is 4.74. The normalized spacial score (nSPS) is 34.3. The smallest absolute Gasteiger partial charge is 0.241 e. The molecule has 1 aromatic rings. The van der Waals surface area contributed by atoms with Gasteiger partial charge in [0.25, 0.3) is 0 Å². The van der Waals surface area contributed by atoms with Crippen LogP contribution in [0.3, 0.4) is 0 Å². The quantitative estimate of drug-likeness (QED) is 0.558. The van der Waals surface area contributed by atoms with Gasteiger partial charge in [-0.3, -0.25) is 9.59 Å². The molecule has 3 heterocycles. The Morgan fingerprint density at radius 2 is 2.13 bits per heavy atom. The number of rotatable bonds is 3. The van der Waals surface area contributed by atoms with Gasteiger partial charge in [-0.2, -0.15) is 0 Å². The van der Waals surface area contributed by atoms with Crippen LogP contribution in [-0.4, -0.2) is 41.2 Å². The van der Waals surface area contributed by atoms with E-state index in [1.54, 1.807) is 12.2 Å². The third kappa shape index (κ3) is 1.68. The van der Waals surface area contributed by atoms with E-state index in [4.69, 9.17) is 4.74 Å². The highest BCUT2D eigenvalue weighted by atomic mass is 16.5. The summed E-state index contributed by atoms with van der Waals surface area (Å²) in [6.07, 6.45) is 2.77. The molecule has 4 rings (SSSR count). The van der Waals surface area contributed by atoms with Gasteiger partial charge < -0.3 is 19.7 Å². The van der Waals surface area contributed by atoms with Crippen LogP contribution in [0.2, 0.25) is 0 Å². The molecule has 0 spiro atoms. The number of benzene rings is 1. The van der Waals surface area contributed by atoms with Crippen molar-refractivity contribution in [3.05, 3.63) is 42.0 Å². The Balaban J connectivity index is 1.76. The van der Waals surface area contributed by atoms with Crippen LogP contribution in [0, 0.1) is 11.8 Å². The van der Waals surface area contributed by atoms with Crippen molar-refractivity contribution in [1.82, 2.24) is 0 Å². The second kappa shape index (κ2) is 4.50. The average molecular weight is 314 g/mol. The fourth-order valence-electron chi connectivity index (χ4n) is 3.71. The number of ether oxygens (including phenoxy) is 1. The number of imide groups is 1. The minimum absolute atomic E-state index is 0.116. The first-order chi connectivity index (χ1) is 11.0. The molecule has 3 aliphatic rings. The Labute approximate surface area is 130 Å². The monoisotopic (exact) mass is 314 g/mol. The van der Waals surface area contributed by atoms with Crippen molar-refractivity contribution in [2.75, 3.05) is 11.5 Å². The molecule has 2 fully saturated rings. The molecule has 2 bridgehead atoms. The van der Waals surface area contributed by atoms with Gasteiger partial charge in [0.1, 0.15) is 5.60 Å². The standard InChI is InChI=1S/C16H13NO6/c18-7-16-5-4-10(23-16)11-12(16)14(20)17(13(11)19)9-3-1-2-8(6-9)15(21)22/h1-6,10-12,18H,7H2,(H,21,22)/p-1. The molecule has 1 aromatic carbocycles. The van der Waals surface area contributed by atoms with Crippen LogP contribution in [0.15, 0.2) is 36.4 Å². The number of aromatic carboxylic acids is 1. The van der Waals surface area contributed by atoms with Crippen LogP contribution in [0.4, 0.5) is 5.69 Å². The van der Waals surface area contributed by atoms with E-state index in [2.05, 4.69) is 0 Å². The predicted octanol–water partition coefficient (Wildman–Crippen LogP) is -1.14. The Kier molecular flexibility index (Phi) is 2.76. The highest BCUT2D eigenvalue weighted by Gasteiger charge is 2.67. The van der Waals surface area contributed by atoms with E-state index in [0.717, 1.165) is 4.90 Å². The average Bonchev–Trinajstić information content (AvgIpc) is 3.18. The molecule has 0 aliphatic carbocycles. The zero-order chi connectivity index (χ0) is 16.4. The van der Waals surface area contributed by atoms with Crippen LogP contribution < -0.4 is 10.0 Å². The second-order valence-electron chi connectivity index (χ2n) is 5.91. The molecule has 4 atom stereocenters. The summed E-state index contributed by atoms with van der Waals surface area (Å²) in [5.41, 5.74) is -1.10. The van der Waals surface area contributed by atoms with E-state index in [0.29, 0.717) is 0 Å². The summed E-state index contributed by atoms with van der Waals surface area (Å²) >= 11 is 0. The van der Waals surface area contributed by atoms with Crippen LogP contribution in [0.25, 0.3) is 0 Å². The lowest BCUT2D eigenvalue weighted by Gasteiger charge is -2.26. The molecule has 1 N–H and O–H groups in total. The number of hydrogen-bond acceptors (Lipinski definition) is 6. The number of carboxylic acids is 1. The fourth-order valence-corrected chi connectivity index (χ4v) is 3.71. The molecule has 7 nitrogen and oxygen atoms in total. The number of carboxylic acid groups (broad SMARTS) is 1. The number of amides is 2. The van der Waals surface area contributed by atoms with Crippen molar-refractivity contribution in [3.8, 4) is 0 Å². The van der Waals surface area contributed by atoms with Crippen LogP contribution in [0.1, 0.15) is 10.4 Å².